The number of esters is 2. The molecule has 0 atom stereocenters. The average molecular weight is 1050 g/mol. The third kappa shape index (κ3) is 9.71. The van der Waals surface area contributed by atoms with E-state index in [1.807, 2.05) is 83.1 Å². The third-order valence-electron chi connectivity index (χ3n) is 14.5. The maximum Gasteiger partial charge on any atom is 0.494 e. The van der Waals surface area contributed by atoms with Gasteiger partial charge in [-0.05, 0) is 162 Å². The van der Waals surface area contributed by atoms with Crippen LogP contribution in [-0.2, 0) is 18.8 Å². The minimum atomic E-state index is -0.754. The molecule has 8 aromatic rings. The number of amides is 8. The molecule has 8 amide bonds. The molecule has 3 heterocycles. The Bertz CT molecular complexity index is 3930. The average Bonchev–Trinajstić information content (AvgIpc) is 3.84. The molecule has 6 N–H and O–H groups in total. The number of benzene rings is 8. The Kier molecular flexibility index (Phi) is 13.9. The van der Waals surface area contributed by atoms with Crippen LogP contribution in [0.3, 0.4) is 0 Å². The third-order valence-corrected chi connectivity index (χ3v) is 14.5. The summed E-state index contributed by atoms with van der Waals surface area (Å²) >= 11 is 0. The van der Waals surface area contributed by atoms with Crippen LogP contribution in [0.2, 0.25) is 0 Å². The Morgan fingerprint density at radius 2 is 0.949 bits per heavy atom. The highest BCUT2D eigenvalue weighted by Crippen LogP contribution is 2.40. The van der Waals surface area contributed by atoms with Crippen LogP contribution < -0.4 is 27.6 Å². The topological polar surface area (TPSA) is 256 Å². The number of nitrogens with zero attached hydrogens (tertiary/aromatic N) is 2. The van der Waals surface area contributed by atoms with E-state index in [0.717, 1.165) is 47.8 Å². The first-order valence-electron chi connectivity index (χ1n) is 24.5. The minimum Gasteiger partial charge on any atom is -0.465 e. The molecule has 0 radical (unpaired) electrons. The largest absolute Gasteiger partial charge is 0.494 e. The van der Waals surface area contributed by atoms with E-state index in [4.69, 9.17) is 25.5 Å². The Labute approximate surface area is 447 Å². The lowest BCUT2D eigenvalue weighted by molar-refractivity contribution is 0.00578. The summed E-state index contributed by atoms with van der Waals surface area (Å²) in [4.78, 5) is 99.0. The number of imide groups is 2. The van der Waals surface area contributed by atoms with Crippen molar-refractivity contribution in [1.29, 1.82) is 0 Å². The van der Waals surface area contributed by atoms with Crippen LogP contribution in [-0.4, -0.2) is 104 Å². The summed E-state index contributed by atoms with van der Waals surface area (Å²) in [5.74, 6) is -2.19. The summed E-state index contributed by atoms with van der Waals surface area (Å²) in [5, 5.41) is 11.4. The molecule has 0 aromatic heterocycles. The number of hydrogen-bond acceptors (Lipinski definition) is 12. The highest BCUT2D eigenvalue weighted by molar-refractivity contribution is 6.62. The normalized spacial score (nSPS) is 14.9. The number of primary amides is 2. The number of rotatable bonds is 6. The molecule has 0 aliphatic carbocycles. The van der Waals surface area contributed by atoms with Gasteiger partial charge in [0.1, 0.15) is 0 Å². The standard InChI is InChI=1S/C26H19N3O5.C19H20BNO4.C14H14N2O3/c1-29-23(30)18-5-3-4-14-8-17(11-20(22(14)18)24(29)31)19-10-13-6-7-15(25(32)34-2)9-16(13)12-21(19)28-26(27)33;1-18(2)19(3,4)25-20(24-18)12-9-11-7-6-8-13-15(11)14(10-12)17(23)21(5)16(13)22;1-8-5-9-3-4-10(13(17)19-2)6-11(9)7-12(8)16-14(15)18/h3-12H,1-2H3,(H3,27,28,33);6-10H,1-5H3;3-7H,1-2H3,(H3,15,16,18). The highest BCUT2D eigenvalue weighted by Gasteiger charge is 2.52. The zero-order valence-electron chi connectivity index (χ0n) is 44.1. The van der Waals surface area contributed by atoms with Gasteiger partial charge < -0.3 is 40.9 Å². The Morgan fingerprint density at radius 3 is 1.45 bits per heavy atom. The van der Waals surface area contributed by atoms with Gasteiger partial charge in [0.05, 0.1) is 42.2 Å². The molecule has 18 nitrogen and oxygen atoms in total. The number of hydrogen-bond donors (Lipinski definition) is 4. The maximum atomic E-state index is 13.0. The number of nitrogens with two attached hydrogens (primary N) is 2. The second-order valence-electron chi connectivity index (χ2n) is 20.0. The highest BCUT2D eigenvalue weighted by atomic mass is 16.7. The van der Waals surface area contributed by atoms with Gasteiger partial charge in [-0.25, -0.2) is 19.2 Å². The maximum absolute atomic E-state index is 13.0. The monoisotopic (exact) mass is 1050 g/mol. The first kappa shape index (κ1) is 53.4. The van der Waals surface area contributed by atoms with Crippen LogP contribution in [0.4, 0.5) is 21.0 Å². The van der Waals surface area contributed by atoms with Crippen LogP contribution in [0.5, 0.6) is 0 Å². The minimum absolute atomic E-state index is 0.272. The molecule has 3 aliphatic rings. The van der Waals surface area contributed by atoms with Crippen molar-refractivity contribution >= 4 is 115 Å². The van der Waals surface area contributed by atoms with Gasteiger partial charge in [0.15, 0.2) is 0 Å². The van der Waals surface area contributed by atoms with Gasteiger partial charge >= 0.3 is 31.1 Å². The molecule has 1 fully saturated rings. The van der Waals surface area contributed by atoms with Crippen molar-refractivity contribution in [2.45, 2.75) is 45.8 Å². The van der Waals surface area contributed by atoms with E-state index in [0.29, 0.717) is 72.0 Å². The lowest BCUT2D eigenvalue weighted by Gasteiger charge is -2.32. The summed E-state index contributed by atoms with van der Waals surface area (Å²) in [7, 11) is 5.05. The number of carbonyl (C=O) groups is 8. The molecule has 0 bridgehead atoms. The van der Waals surface area contributed by atoms with Gasteiger partial charge in [0, 0.05) is 58.4 Å². The molecule has 19 heteroatoms. The quantitative estimate of drug-likeness (QED) is 0.0691. The van der Waals surface area contributed by atoms with Crippen molar-refractivity contribution in [2.24, 2.45) is 11.5 Å². The SMILES string of the molecule is CN1C(=O)c2cccc3cc(B4OC(C)(C)C(C)(C)O4)cc(c23)C1=O.COC(=O)c1ccc2cc(-c3cc4c5c(cccc5c3)C(=O)N(C)C4=O)c(NC(N)=O)cc2c1.COC(=O)c1ccc2cc(C)c(NC(N)=O)cc2c1. The fraction of sp³-hybridized carbons (Fsp3) is 0.186. The summed E-state index contributed by atoms with van der Waals surface area (Å²) in [6.07, 6.45) is 0. The van der Waals surface area contributed by atoms with Gasteiger partial charge in [0.25, 0.3) is 23.6 Å². The fourth-order valence-electron chi connectivity index (χ4n) is 9.69. The number of fused-ring (bicyclic) bond motifs is 2. The van der Waals surface area contributed by atoms with Crippen molar-refractivity contribution in [3.63, 3.8) is 0 Å². The Balaban J connectivity index is 0.000000149. The molecule has 0 spiro atoms. The molecule has 0 saturated carbocycles. The van der Waals surface area contributed by atoms with Crippen LogP contribution in [0.25, 0.3) is 54.2 Å². The van der Waals surface area contributed by atoms with E-state index in [9.17, 15) is 38.4 Å². The number of urea groups is 2. The van der Waals surface area contributed by atoms with Crippen LogP contribution in [0.1, 0.15) is 95.4 Å². The molecule has 0 unspecified atom stereocenters. The predicted octanol–water partition coefficient (Wildman–Crippen LogP) is 8.95. The molecular formula is C59H53BN6O12. The van der Waals surface area contributed by atoms with Crippen molar-refractivity contribution in [2.75, 3.05) is 38.9 Å². The molecule has 78 heavy (non-hydrogen) atoms. The molecule has 11 rings (SSSR count). The van der Waals surface area contributed by atoms with E-state index >= 15 is 0 Å². The van der Waals surface area contributed by atoms with Crippen molar-refractivity contribution in [3.05, 3.63) is 160 Å². The zero-order valence-corrected chi connectivity index (χ0v) is 44.1. The number of nitrogens with one attached hydrogen (secondary N) is 2. The van der Waals surface area contributed by atoms with Gasteiger partial charge in [-0.1, -0.05) is 42.5 Å². The second-order valence-corrected chi connectivity index (χ2v) is 20.0. The number of ether oxygens (including phenoxy) is 2. The number of aryl methyl sites for hydroxylation is 1. The molecule has 3 aliphatic heterocycles. The lowest BCUT2D eigenvalue weighted by atomic mass is 9.76. The summed E-state index contributed by atoms with van der Waals surface area (Å²) in [6, 6.07) is 34.3. The van der Waals surface area contributed by atoms with Gasteiger partial charge in [-0.2, -0.15) is 0 Å². The van der Waals surface area contributed by atoms with E-state index in [-0.39, 0.29) is 17.7 Å². The first-order valence-corrected chi connectivity index (χ1v) is 24.5. The molecular weight excluding hydrogens is 995 g/mol. The van der Waals surface area contributed by atoms with Crippen molar-refractivity contribution in [3.8, 4) is 11.1 Å². The second kappa shape index (κ2) is 20.2. The van der Waals surface area contributed by atoms with Gasteiger partial charge in [-0.15, -0.1) is 0 Å². The fourth-order valence-corrected chi connectivity index (χ4v) is 9.69. The van der Waals surface area contributed by atoms with Crippen LogP contribution in [0.15, 0.2) is 121 Å². The smallest absolute Gasteiger partial charge is 0.465 e. The van der Waals surface area contributed by atoms with Gasteiger partial charge in [-0.3, -0.25) is 29.0 Å². The molecule has 1 saturated heterocycles. The van der Waals surface area contributed by atoms with E-state index in [1.54, 1.807) is 72.8 Å². The number of methoxy groups -OCH3 is 2. The summed E-state index contributed by atoms with van der Waals surface area (Å²) < 4.78 is 21.7. The molecule has 394 valence electrons. The first-order chi connectivity index (χ1) is 36.9. The lowest BCUT2D eigenvalue weighted by Crippen LogP contribution is -2.41. The van der Waals surface area contributed by atoms with Crippen LogP contribution >= 0.6 is 0 Å². The zero-order chi connectivity index (χ0) is 56.3. The van der Waals surface area contributed by atoms with Crippen molar-refractivity contribution < 1.29 is 57.1 Å². The predicted molar refractivity (Wildman–Crippen MR) is 297 cm³/mol. The van der Waals surface area contributed by atoms with Crippen LogP contribution in [0, 0.1) is 6.92 Å². The summed E-state index contributed by atoms with van der Waals surface area (Å²) in [5.41, 5.74) is 16.4. The van der Waals surface area contributed by atoms with Gasteiger partial charge in [0.2, 0.25) is 0 Å². The van der Waals surface area contributed by atoms with E-state index in [2.05, 4.69) is 15.4 Å². The number of carbonyl (C=O) groups excluding carboxylic acids is 8. The van der Waals surface area contributed by atoms with E-state index < -0.39 is 48.2 Å². The summed E-state index contributed by atoms with van der Waals surface area (Å²) in [6.45, 7) is 9.85. The Hall–Kier alpha value is -9.46. The Morgan fingerprint density at radius 1 is 0.500 bits per heavy atom. The van der Waals surface area contributed by atoms with E-state index in [1.165, 1.54) is 28.3 Å². The van der Waals surface area contributed by atoms with Crippen molar-refractivity contribution in [1.82, 2.24) is 9.80 Å². The number of anilines is 2. The molecule has 8 aromatic carbocycles.